The molecule has 0 radical (unpaired) electrons. The molecule has 0 aliphatic rings. The number of aryl methyl sites for hydroxylation is 1. The summed E-state index contributed by atoms with van der Waals surface area (Å²) in [6.45, 7) is 2.26. The van der Waals surface area contributed by atoms with Crippen LogP contribution in [0.4, 0.5) is 5.69 Å². The van der Waals surface area contributed by atoms with Crippen molar-refractivity contribution in [3.8, 4) is 0 Å². The lowest BCUT2D eigenvalue weighted by atomic mass is 9.99. The number of unbranched alkanes of at least 4 members (excludes halogenated alkanes) is 3. The van der Waals surface area contributed by atoms with E-state index in [0.717, 1.165) is 0 Å². The molecule has 18 heavy (non-hydrogen) atoms. The number of nitrogens with one attached hydrogen (secondary N) is 1. The van der Waals surface area contributed by atoms with Crippen LogP contribution in [0.5, 0.6) is 0 Å². The maximum absolute atomic E-state index is 3.22. The number of hydrogen-bond acceptors (Lipinski definition) is 1. The van der Waals surface area contributed by atoms with Crippen LogP contribution in [0.2, 0.25) is 0 Å². The van der Waals surface area contributed by atoms with Gasteiger partial charge in [0.25, 0.3) is 0 Å². The maximum Gasteiger partial charge on any atom is 0.0344 e. The highest BCUT2D eigenvalue weighted by Crippen LogP contribution is 2.24. The van der Waals surface area contributed by atoms with Gasteiger partial charge in [-0.05, 0) is 41.3 Å². The minimum Gasteiger partial charge on any atom is -0.388 e. The SMILES string of the molecule is CCCCCCc1cccc2ccc(NC)cc12. The van der Waals surface area contributed by atoms with Gasteiger partial charge in [0, 0.05) is 12.7 Å². The standard InChI is InChI=1S/C17H23N/c1-3-4-5-6-8-14-9-7-10-15-11-12-16(18-2)13-17(14)15/h7,9-13,18H,3-6,8H2,1-2H3. The average molecular weight is 241 g/mol. The van der Waals surface area contributed by atoms with Crippen LogP contribution < -0.4 is 5.32 Å². The Morgan fingerprint density at radius 1 is 1.00 bits per heavy atom. The van der Waals surface area contributed by atoms with E-state index in [2.05, 4.69) is 48.6 Å². The van der Waals surface area contributed by atoms with Gasteiger partial charge in [-0.25, -0.2) is 0 Å². The minimum atomic E-state index is 1.20. The van der Waals surface area contributed by atoms with Crippen LogP contribution in [0.15, 0.2) is 36.4 Å². The van der Waals surface area contributed by atoms with Crippen molar-refractivity contribution in [3.05, 3.63) is 42.0 Å². The third kappa shape index (κ3) is 3.04. The van der Waals surface area contributed by atoms with Crippen LogP contribution in [0.3, 0.4) is 0 Å². The molecule has 0 aliphatic carbocycles. The first-order valence-electron chi connectivity index (χ1n) is 7.04. The fraction of sp³-hybridized carbons (Fsp3) is 0.412. The summed E-state index contributed by atoms with van der Waals surface area (Å²) >= 11 is 0. The second kappa shape index (κ2) is 6.44. The fourth-order valence-corrected chi connectivity index (χ4v) is 2.45. The van der Waals surface area contributed by atoms with Gasteiger partial charge >= 0.3 is 0 Å². The highest BCUT2D eigenvalue weighted by atomic mass is 14.8. The van der Waals surface area contributed by atoms with E-state index in [-0.39, 0.29) is 0 Å². The van der Waals surface area contributed by atoms with Crippen LogP contribution >= 0.6 is 0 Å². The van der Waals surface area contributed by atoms with Crippen LogP contribution in [-0.2, 0) is 6.42 Å². The van der Waals surface area contributed by atoms with Crippen molar-refractivity contribution >= 4 is 16.5 Å². The molecule has 2 aromatic carbocycles. The molecule has 0 atom stereocenters. The predicted octanol–water partition coefficient (Wildman–Crippen LogP) is 5.00. The zero-order valence-electron chi connectivity index (χ0n) is 11.5. The summed E-state index contributed by atoms with van der Waals surface area (Å²) in [5, 5.41) is 5.98. The summed E-state index contributed by atoms with van der Waals surface area (Å²) in [5.74, 6) is 0. The Labute approximate surface area is 110 Å². The van der Waals surface area contributed by atoms with Gasteiger partial charge in [-0.1, -0.05) is 50.5 Å². The van der Waals surface area contributed by atoms with E-state index in [1.165, 1.54) is 54.1 Å². The first-order chi connectivity index (χ1) is 8.85. The lowest BCUT2D eigenvalue weighted by Crippen LogP contribution is -1.91. The van der Waals surface area contributed by atoms with E-state index in [0.29, 0.717) is 0 Å². The quantitative estimate of drug-likeness (QED) is 0.701. The highest BCUT2D eigenvalue weighted by molar-refractivity contribution is 5.88. The molecule has 0 saturated heterocycles. The number of fused-ring (bicyclic) bond motifs is 1. The summed E-state index contributed by atoms with van der Waals surface area (Å²) in [5.41, 5.74) is 2.68. The predicted molar refractivity (Wildman–Crippen MR) is 81.3 cm³/mol. The molecule has 0 fully saturated rings. The summed E-state index contributed by atoms with van der Waals surface area (Å²) < 4.78 is 0. The topological polar surface area (TPSA) is 12.0 Å². The second-order valence-corrected chi connectivity index (χ2v) is 4.91. The van der Waals surface area contributed by atoms with Crippen LogP contribution in [-0.4, -0.2) is 7.05 Å². The Morgan fingerprint density at radius 3 is 2.67 bits per heavy atom. The van der Waals surface area contributed by atoms with E-state index in [1.54, 1.807) is 0 Å². The van der Waals surface area contributed by atoms with Crippen molar-refractivity contribution in [3.63, 3.8) is 0 Å². The minimum absolute atomic E-state index is 1.20. The first kappa shape index (κ1) is 12.9. The smallest absolute Gasteiger partial charge is 0.0344 e. The fourth-order valence-electron chi connectivity index (χ4n) is 2.45. The third-order valence-corrected chi connectivity index (χ3v) is 3.56. The van der Waals surface area contributed by atoms with E-state index >= 15 is 0 Å². The molecule has 0 aliphatic heterocycles. The van der Waals surface area contributed by atoms with Gasteiger partial charge in [0.1, 0.15) is 0 Å². The lowest BCUT2D eigenvalue weighted by molar-refractivity contribution is 0.668. The van der Waals surface area contributed by atoms with Crippen LogP contribution in [0, 0.1) is 0 Å². The Morgan fingerprint density at radius 2 is 1.89 bits per heavy atom. The van der Waals surface area contributed by atoms with Crippen molar-refractivity contribution in [1.82, 2.24) is 0 Å². The van der Waals surface area contributed by atoms with Crippen molar-refractivity contribution in [1.29, 1.82) is 0 Å². The molecule has 2 aromatic rings. The second-order valence-electron chi connectivity index (χ2n) is 4.91. The zero-order chi connectivity index (χ0) is 12.8. The Hall–Kier alpha value is -1.50. The molecule has 1 heteroatoms. The lowest BCUT2D eigenvalue weighted by Gasteiger charge is -2.08. The third-order valence-electron chi connectivity index (χ3n) is 3.56. The van der Waals surface area contributed by atoms with Gasteiger partial charge in [-0.2, -0.15) is 0 Å². The largest absolute Gasteiger partial charge is 0.388 e. The number of anilines is 1. The molecular formula is C17H23N. The van der Waals surface area contributed by atoms with E-state index < -0.39 is 0 Å². The Kier molecular flexibility index (Phi) is 4.63. The molecule has 0 bridgehead atoms. The maximum atomic E-state index is 3.22. The van der Waals surface area contributed by atoms with E-state index in [4.69, 9.17) is 0 Å². The summed E-state index contributed by atoms with van der Waals surface area (Å²) in [7, 11) is 1.98. The normalized spacial score (nSPS) is 10.8. The van der Waals surface area contributed by atoms with Gasteiger partial charge in [0.05, 0.1) is 0 Å². The van der Waals surface area contributed by atoms with Gasteiger partial charge in [0.2, 0.25) is 0 Å². The molecule has 0 aromatic heterocycles. The molecule has 1 N–H and O–H groups in total. The van der Waals surface area contributed by atoms with Gasteiger partial charge in [-0.3, -0.25) is 0 Å². The molecule has 2 rings (SSSR count). The monoisotopic (exact) mass is 241 g/mol. The highest BCUT2D eigenvalue weighted by Gasteiger charge is 2.01. The average Bonchev–Trinajstić information content (AvgIpc) is 2.43. The molecular weight excluding hydrogens is 218 g/mol. The van der Waals surface area contributed by atoms with Gasteiger partial charge in [-0.15, -0.1) is 0 Å². The van der Waals surface area contributed by atoms with Crippen molar-refractivity contribution in [2.45, 2.75) is 39.0 Å². The van der Waals surface area contributed by atoms with Crippen LogP contribution in [0.25, 0.3) is 10.8 Å². The molecule has 0 heterocycles. The Balaban J connectivity index is 2.20. The number of hydrogen-bond donors (Lipinski definition) is 1. The van der Waals surface area contributed by atoms with E-state index in [9.17, 15) is 0 Å². The van der Waals surface area contributed by atoms with E-state index in [1.807, 2.05) is 7.05 Å². The van der Waals surface area contributed by atoms with Gasteiger partial charge < -0.3 is 5.32 Å². The molecule has 0 unspecified atom stereocenters. The van der Waals surface area contributed by atoms with Crippen molar-refractivity contribution in [2.24, 2.45) is 0 Å². The number of rotatable bonds is 6. The van der Waals surface area contributed by atoms with Crippen LogP contribution in [0.1, 0.15) is 38.2 Å². The molecule has 0 amide bonds. The number of benzene rings is 2. The molecule has 0 saturated carbocycles. The van der Waals surface area contributed by atoms with Crippen molar-refractivity contribution in [2.75, 3.05) is 12.4 Å². The Bertz CT molecular complexity index is 502. The summed E-state index contributed by atoms with van der Waals surface area (Å²) in [6, 6.07) is 13.3. The molecule has 1 nitrogen and oxygen atoms in total. The summed E-state index contributed by atoms with van der Waals surface area (Å²) in [6.07, 6.45) is 6.51. The molecule has 96 valence electrons. The van der Waals surface area contributed by atoms with Crippen molar-refractivity contribution < 1.29 is 0 Å². The first-order valence-corrected chi connectivity index (χ1v) is 7.04. The molecule has 0 spiro atoms. The summed E-state index contributed by atoms with van der Waals surface area (Å²) in [4.78, 5) is 0. The van der Waals surface area contributed by atoms with Gasteiger partial charge in [0.15, 0.2) is 0 Å². The zero-order valence-corrected chi connectivity index (χ0v) is 11.5.